The Labute approximate surface area is 47.0 Å². The summed E-state index contributed by atoms with van der Waals surface area (Å²) in [4.78, 5) is 5.91. The van der Waals surface area contributed by atoms with Gasteiger partial charge in [0, 0.05) is 0 Å². The molecule has 3 heteroatoms. The molecule has 0 aliphatic carbocycles. The molecule has 0 bridgehead atoms. The average Bonchev–Trinajstić information content (AvgIpc) is 2.14. The fourth-order valence-electron chi connectivity index (χ4n) is 0.315. The van der Waals surface area contributed by atoms with Crippen molar-refractivity contribution < 1.29 is 10.1 Å². The van der Waals surface area contributed by atoms with E-state index in [9.17, 15) is 0 Å². The molecule has 1 aromatic heterocycles. The maximum absolute atomic E-state index is 7.97. The zero-order valence-electron chi connectivity index (χ0n) is 3.50. The molecule has 0 saturated carbocycles. The minimum atomic E-state index is 0.245. The summed E-state index contributed by atoms with van der Waals surface area (Å²) in [7, 11) is 0. The number of rotatable bonds is 1. The topological polar surface area (TPSA) is 29.5 Å². The molecule has 0 radical (unpaired) electrons. The minimum absolute atomic E-state index is 0.245. The number of hydrogen-bond acceptors (Lipinski definition) is 2. The molecule has 1 heterocycles. The standard InChI is InChI=1S/C4H4O2Se/c5-6-4-2-1-3-7-4/h1-3,5H. The van der Waals surface area contributed by atoms with Gasteiger partial charge in [-0.05, 0) is 0 Å². The first kappa shape index (κ1) is 4.91. The van der Waals surface area contributed by atoms with Crippen LogP contribution >= 0.6 is 0 Å². The zero-order valence-corrected chi connectivity index (χ0v) is 5.21. The normalized spacial score (nSPS) is 8.71. The van der Waals surface area contributed by atoms with Crippen molar-refractivity contribution >= 4 is 14.5 Å². The Morgan fingerprint density at radius 2 is 2.57 bits per heavy atom. The molecule has 0 aliphatic rings. The van der Waals surface area contributed by atoms with Gasteiger partial charge in [0.25, 0.3) is 0 Å². The summed E-state index contributed by atoms with van der Waals surface area (Å²) >= 11 is 0.245. The van der Waals surface area contributed by atoms with Gasteiger partial charge in [-0.3, -0.25) is 0 Å². The van der Waals surface area contributed by atoms with Crippen LogP contribution in [-0.2, 0) is 0 Å². The summed E-state index contributed by atoms with van der Waals surface area (Å²) in [5, 5.41) is 7.97. The second kappa shape index (κ2) is 2.17. The van der Waals surface area contributed by atoms with Crippen molar-refractivity contribution in [2.75, 3.05) is 0 Å². The summed E-state index contributed by atoms with van der Waals surface area (Å²) in [6.45, 7) is 0. The van der Waals surface area contributed by atoms with E-state index < -0.39 is 0 Å². The monoisotopic (exact) mass is 164 g/mol. The van der Waals surface area contributed by atoms with Crippen LogP contribution in [0.25, 0.3) is 0 Å². The molecule has 0 amide bonds. The molecule has 0 aliphatic heterocycles. The third-order valence-corrected chi connectivity index (χ3v) is 2.13. The molecule has 1 N–H and O–H groups in total. The first-order valence-electron chi connectivity index (χ1n) is 1.78. The first-order chi connectivity index (χ1) is 3.43. The predicted molar refractivity (Wildman–Crippen MR) is 26.6 cm³/mol. The van der Waals surface area contributed by atoms with Crippen molar-refractivity contribution in [3.05, 3.63) is 17.1 Å². The van der Waals surface area contributed by atoms with Crippen molar-refractivity contribution in [3.8, 4) is 4.62 Å². The Kier molecular flexibility index (Phi) is 1.52. The van der Waals surface area contributed by atoms with Crippen LogP contribution in [-0.4, -0.2) is 19.8 Å². The van der Waals surface area contributed by atoms with Crippen LogP contribution in [0, 0.1) is 0 Å². The molecule has 1 aromatic rings. The van der Waals surface area contributed by atoms with Gasteiger partial charge in [0.15, 0.2) is 0 Å². The number of hydrogen-bond donors (Lipinski definition) is 1. The Hall–Kier alpha value is -0.241. The maximum atomic E-state index is 7.97. The molecule has 0 atom stereocenters. The van der Waals surface area contributed by atoms with Gasteiger partial charge in [-0.25, -0.2) is 0 Å². The zero-order chi connectivity index (χ0) is 5.11. The Bertz CT molecular complexity index is 124. The molecule has 0 aromatic carbocycles. The van der Waals surface area contributed by atoms with Crippen LogP contribution in [0.5, 0.6) is 4.62 Å². The molecule has 2 nitrogen and oxygen atoms in total. The van der Waals surface area contributed by atoms with E-state index in [2.05, 4.69) is 4.89 Å². The second-order valence-corrected chi connectivity index (χ2v) is 2.93. The third-order valence-electron chi connectivity index (χ3n) is 0.585. The van der Waals surface area contributed by atoms with Gasteiger partial charge < -0.3 is 0 Å². The van der Waals surface area contributed by atoms with E-state index in [1.807, 2.05) is 11.0 Å². The Balaban J connectivity index is 2.76. The van der Waals surface area contributed by atoms with Gasteiger partial charge in [0.1, 0.15) is 0 Å². The predicted octanol–water partition coefficient (Wildman–Crippen LogP) is 0.595. The molecule has 0 unspecified atom stereocenters. The summed E-state index contributed by atoms with van der Waals surface area (Å²) in [6.07, 6.45) is 0. The Morgan fingerprint density at radius 1 is 1.71 bits per heavy atom. The third kappa shape index (κ3) is 1.06. The van der Waals surface area contributed by atoms with Crippen LogP contribution < -0.4 is 4.89 Å². The van der Waals surface area contributed by atoms with E-state index in [4.69, 9.17) is 5.26 Å². The van der Waals surface area contributed by atoms with Gasteiger partial charge in [-0.15, -0.1) is 0 Å². The van der Waals surface area contributed by atoms with Crippen LogP contribution in [0.2, 0.25) is 0 Å². The van der Waals surface area contributed by atoms with Crippen molar-refractivity contribution in [2.45, 2.75) is 0 Å². The molecule has 7 heavy (non-hydrogen) atoms. The van der Waals surface area contributed by atoms with Crippen molar-refractivity contribution in [1.29, 1.82) is 0 Å². The van der Waals surface area contributed by atoms with Crippen LogP contribution in [0.4, 0.5) is 0 Å². The molecular weight excluding hydrogens is 159 g/mol. The fraction of sp³-hybridized carbons (Fsp3) is 0. The van der Waals surface area contributed by atoms with E-state index in [0.29, 0.717) is 4.62 Å². The van der Waals surface area contributed by atoms with Crippen LogP contribution in [0.1, 0.15) is 0 Å². The van der Waals surface area contributed by atoms with Crippen LogP contribution in [0.15, 0.2) is 17.1 Å². The molecular formula is C4H4O2Se. The summed E-state index contributed by atoms with van der Waals surface area (Å²) < 4.78 is 0.674. The van der Waals surface area contributed by atoms with Gasteiger partial charge in [0.2, 0.25) is 0 Å². The van der Waals surface area contributed by atoms with Crippen molar-refractivity contribution in [2.24, 2.45) is 0 Å². The van der Waals surface area contributed by atoms with E-state index in [-0.39, 0.29) is 14.5 Å². The molecule has 38 valence electrons. The Morgan fingerprint density at radius 3 is 2.86 bits per heavy atom. The van der Waals surface area contributed by atoms with Gasteiger partial charge in [0.05, 0.1) is 0 Å². The SMILES string of the molecule is OOc1ccc[se]1. The van der Waals surface area contributed by atoms with E-state index in [1.165, 1.54) is 0 Å². The van der Waals surface area contributed by atoms with E-state index in [0.717, 1.165) is 0 Å². The fourth-order valence-corrected chi connectivity index (χ4v) is 1.35. The van der Waals surface area contributed by atoms with E-state index >= 15 is 0 Å². The quantitative estimate of drug-likeness (QED) is 0.373. The molecule has 1 rings (SSSR count). The summed E-state index contributed by atoms with van der Waals surface area (Å²) in [6, 6.07) is 3.62. The average molecular weight is 163 g/mol. The van der Waals surface area contributed by atoms with Crippen LogP contribution in [0.3, 0.4) is 0 Å². The second-order valence-electron chi connectivity index (χ2n) is 1.02. The molecule has 0 fully saturated rings. The molecule has 0 saturated heterocycles. The van der Waals surface area contributed by atoms with Gasteiger partial charge in [-0.1, -0.05) is 0 Å². The van der Waals surface area contributed by atoms with Gasteiger partial charge in [-0.2, -0.15) is 0 Å². The summed E-state index contributed by atoms with van der Waals surface area (Å²) in [5.41, 5.74) is 0. The summed E-state index contributed by atoms with van der Waals surface area (Å²) in [5.74, 6) is 0. The van der Waals surface area contributed by atoms with E-state index in [1.54, 1.807) is 6.07 Å². The van der Waals surface area contributed by atoms with Crippen molar-refractivity contribution in [1.82, 2.24) is 0 Å². The van der Waals surface area contributed by atoms with Gasteiger partial charge >= 0.3 is 46.3 Å². The first-order valence-corrected chi connectivity index (χ1v) is 3.63. The van der Waals surface area contributed by atoms with Crippen molar-refractivity contribution in [3.63, 3.8) is 0 Å². The molecule has 0 spiro atoms.